The summed E-state index contributed by atoms with van der Waals surface area (Å²) in [5.41, 5.74) is 2.88. The van der Waals surface area contributed by atoms with Gasteiger partial charge < -0.3 is 5.32 Å². The van der Waals surface area contributed by atoms with Crippen LogP contribution in [-0.2, 0) is 6.54 Å². The van der Waals surface area contributed by atoms with Gasteiger partial charge in [0.1, 0.15) is 0 Å². The lowest BCUT2D eigenvalue weighted by molar-refractivity contribution is 0.685. The van der Waals surface area contributed by atoms with E-state index in [-0.39, 0.29) is 0 Å². The van der Waals surface area contributed by atoms with Gasteiger partial charge in [0, 0.05) is 17.5 Å². The van der Waals surface area contributed by atoms with Crippen molar-refractivity contribution in [1.82, 2.24) is 5.32 Å². The molecular weight excluding hydrogens is 214 g/mol. The number of hydrogen-bond acceptors (Lipinski definition) is 2. The molecule has 1 saturated carbocycles. The lowest BCUT2D eigenvalue weighted by Crippen LogP contribution is -2.15. The van der Waals surface area contributed by atoms with Crippen molar-refractivity contribution >= 4 is 11.8 Å². The van der Waals surface area contributed by atoms with Crippen LogP contribution in [-0.4, -0.2) is 11.8 Å². The van der Waals surface area contributed by atoms with Gasteiger partial charge in [-0.3, -0.25) is 0 Å². The van der Waals surface area contributed by atoms with Gasteiger partial charge in [0.05, 0.1) is 0 Å². The lowest BCUT2D eigenvalue weighted by atomic mass is 10.1. The normalized spacial score (nSPS) is 15.4. The van der Waals surface area contributed by atoms with E-state index < -0.39 is 0 Å². The van der Waals surface area contributed by atoms with Gasteiger partial charge >= 0.3 is 0 Å². The van der Waals surface area contributed by atoms with Crippen LogP contribution in [0.1, 0.15) is 37.3 Å². The average Bonchev–Trinajstić information content (AvgIpc) is 3.09. The predicted molar refractivity (Wildman–Crippen MR) is 72.1 cm³/mol. The van der Waals surface area contributed by atoms with Gasteiger partial charge in [-0.1, -0.05) is 13.0 Å². The molecule has 0 amide bonds. The maximum absolute atomic E-state index is 3.57. The average molecular weight is 235 g/mol. The summed E-state index contributed by atoms with van der Waals surface area (Å²) in [6.45, 7) is 5.49. The van der Waals surface area contributed by atoms with Crippen LogP contribution >= 0.6 is 11.8 Å². The van der Waals surface area contributed by atoms with Crippen molar-refractivity contribution in [3.8, 4) is 0 Å². The van der Waals surface area contributed by atoms with Gasteiger partial charge in [-0.05, 0) is 55.2 Å². The molecule has 0 spiro atoms. The van der Waals surface area contributed by atoms with Crippen LogP contribution in [0.3, 0.4) is 0 Å². The first-order chi connectivity index (χ1) is 7.79. The van der Waals surface area contributed by atoms with Crippen LogP contribution in [0.2, 0.25) is 0 Å². The standard InChI is InChI=1S/C14H21NS/c1-3-8-16-14-7-4-12(11(2)9-14)10-15-13-5-6-13/h4,7,9,13,15H,3,5-6,8,10H2,1-2H3. The molecule has 1 aromatic carbocycles. The highest BCUT2D eigenvalue weighted by Gasteiger charge is 2.20. The molecule has 0 radical (unpaired) electrons. The van der Waals surface area contributed by atoms with Gasteiger partial charge in [-0.15, -0.1) is 11.8 Å². The highest BCUT2D eigenvalue weighted by molar-refractivity contribution is 7.99. The van der Waals surface area contributed by atoms with E-state index in [0.717, 1.165) is 12.6 Å². The largest absolute Gasteiger partial charge is 0.310 e. The van der Waals surface area contributed by atoms with Crippen LogP contribution in [0, 0.1) is 6.92 Å². The Morgan fingerprint density at radius 1 is 1.38 bits per heavy atom. The molecule has 0 aromatic heterocycles. The van der Waals surface area contributed by atoms with Crippen molar-refractivity contribution in [3.63, 3.8) is 0 Å². The molecule has 0 saturated heterocycles. The Morgan fingerprint density at radius 2 is 2.19 bits per heavy atom. The molecule has 1 nitrogen and oxygen atoms in total. The van der Waals surface area contributed by atoms with Gasteiger partial charge in [0.15, 0.2) is 0 Å². The van der Waals surface area contributed by atoms with E-state index in [4.69, 9.17) is 0 Å². The highest BCUT2D eigenvalue weighted by Crippen LogP contribution is 2.23. The van der Waals surface area contributed by atoms with Crippen molar-refractivity contribution in [2.75, 3.05) is 5.75 Å². The zero-order valence-electron chi connectivity index (χ0n) is 10.3. The number of hydrogen-bond donors (Lipinski definition) is 1. The van der Waals surface area contributed by atoms with Crippen molar-refractivity contribution < 1.29 is 0 Å². The Kier molecular flexibility index (Phi) is 4.30. The van der Waals surface area contributed by atoms with E-state index in [0.29, 0.717) is 0 Å². The molecule has 0 aliphatic heterocycles. The molecule has 0 unspecified atom stereocenters. The van der Waals surface area contributed by atoms with Crippen LogP contribution < -0.4 is 5.32 Å². The predicted octanol–water partition coefficient (Wildman–Crippen LogP) is 3.75. The topological polar surface area (TPSA) is 12.0 Å². The van der Waals surface area contributed by atoms with Crippen LogP contribution in [0.25, 0.3) is 0 Å². The van der Waals surface area contributed by atoms with E-state index in [1.807, 2.05) is 11.8 Å². The summed E-state index contributed by atoms with van der Waals surface area (Å²) in [6, 6.07) is 7.66. The van der Waals surface area contributed by atoms with Crippen molar-refractivity contribution in [2.45, 2.75) is 50.6 Å². The minimum Gasteiger partial charge on any atom is -0.310 e. The Bertz CT molecular complexity index is 345. The van der Waals surface area contributed by atoms with Crippen LogP contribution in [0.5, 0.6) is 0 Å². The Morgan fingerprint density at radius 3 is 2.81 bits per heavy atom. The van der Waals surface area contributed by atoms with Crippen molar-refractivity contribution in [3.05, 3.63) is 29.3 Å². The zero-order chi connectivity index (χ0) is 11.4. The summed E-state index contributed by atoms with van der Waals surface area (Å²) in [7, 11) is 0. The van der Waals surface area contributed by atoms with Crippen molar-refractivity contribution in [2.24, 2.45) is 0 Å². The summed E-state index contributed by atoms with van der Waals surface area (Å²) >= 11 is 1.96. The number of thioether (sulfide) groups is 1. The molecule has 2 heteroatoms. The number of aryl methyl sites for hydroxylation is 1. The molecule has 2 rings (SSSR count). The molecule has 1 aromatic rings. The van der Waals surface area contributed by atoms with Crippen LogP contribution in [0.15, 0.2) is 23.1 Å². The molecule has 1 aliphatic carbocycles. The first kappa shape index (κ1) is 12.0. The molecule has 1 fully saturated rings. The zero-order valence-corrected chi connectivity index (χ0v) is 11.1. The summed E-state index contributed by atoms with van der Waals surface area (Å²) in [5, 5.41) is 3.57. The number of nitrogens with one attached hydrogen (secondary N) is 1. The van der Waals surface area contributed by atoms with E-state index in [1.165, 1.54) is 41.0 Å². The molecule has 88 valence electrons. The fraction of sp³-hybridized carbons (Fsp3) is 0.571. The monoisotopic (exact) mass is 235 g/mol. The summed E-state index contributed by atoms with van der Waals surface area (Å²) in [5.74, 6) is 1.22. The molecular formula is C14H21NS. The molecule has 0 heterocycles. The minimum absolute atomic E-state index is 0.800. The third kappa shape index (κ3) is 3.53. The van der Waals surface area contributed by atoms with E-state index in [9.17, 15) is 0 Å². The maximum Gasteiger partial charge on any atom is 0.0210 e. The minimum atomic E-state index is 0.800. The lowest BCUT2D eigenvalue weighted by Gasteiger charge is -2.09. The Hall–Kier alpha value is -0.470. The second-order valence-corrected chi connectivity index (χ2v) is 5.76. The third-order valence-corrected chi connectivity index (χ3v) is 4.15. The van der Waals surface area contributed by atoms with E-state index in [1.54, 1.807) is 0 Å². The number of benzene rings is 1. The SMILES string of the molecule is CCCSc1ccc(CNC2CC2)c(C)c1. The Labute approximate surface area is 103 Å². The molecule has 1 aliphatic rings. The molecule has 1 N–H and O–H groups in total. The van der Waals surface area contributed by atoms with Crippen molar-refractivity contribution in [1.29, 1.82) is 0 Å². The first-order valence-electron chi connectivity index (χ1n) is 6.25. The summed E-state index contributed by atoms with van der Waals surface area (Å²) in [6.07, 6.45) is 3.97. The third-order valence-electron chi connectivity index (χ3n) is 2.95. The fourth-order valence-corrected chi connectivity index (χ4v) is 2.58. The second kappa shape index (κ2) is 5.74. The summed E-state index contributed by atoms with van der Waals surface area (Å²) < 4.78 is 0. The van der Waals surface area contributed by atoms with E-state index >= 15 is 0 Å². The molecule has 16 heavy (non-hydrogen) atoms. The van der Waals surface area contributed by atoms with Gasteiger partial charge in [-0.2, -0.15) is 0 Å². The fourth-order valence-electron chi connectivity index (χ4n) is 1.72. The van der Waals surface area contributed by atoms with Gasteiger partial charge in [0.25, 0.3) is 0 Å². The molecule has 0 bridgehead atoms. The maximum atomic E-state index is 3.57. The van der Waals surface area contributed by atoms with Gasteiger partial charge in [-0.25, -0.2) is 0 Å². The molecule has 0 atom stereocenters. The highest BCUT2D eigenvalue weighted by atomic mass is 32.2. The Balaban J connectivity index is 1.92. The summed E-state index contributed by atoms with van der Waals surface area (Å²) in [4.78, 5) is 1.41. The van der Waals surface area contributed by atoms with Gasteiger partial charge in [0.2, 0.25) is 0 Å². The smallest absolute Gasteiger partial charge is 0.0210 e. The number of rotatable bonds is 6. The van der Waals surface area contributed by atoms with E-state index in [2.05, 4.69) is 37.4 Å². The van der Waals surface area contributed by atoms with Crippen LogP contribution in [0.4, 0.5) is 0 Å². The first-order valence-corrected chi connectivity index (χ1v) is 7.24. The second-order valence-electron chi connectivity index (χ2n) is 4.59. The quantitative estimate of drug-likeness (QED) is 0.754.